The molecule has 0 radical (unpaired) electrons. The molecule has 2 aromatic rings. The number of aryl methyl sites for hydroxylation is 1. The summed E-state index contributed by atoms with van der Waals surface area (Å²) in [5, 5.41) is 15.7. The largest absolute Gasteiger partial charge is 0.493 e. The second-order valence-corrected chi connectivity index (χ2v) is 7.89. The molecule has 8 heteroatoms. The van der Waals surface area contributed by atoms with Crippen LogP contribution in [0.3, 0.4) is 0 Å². The van der Waals surface area contributed by atoms with Gasteiger partial charge in [-0.25, -0.2) is 4.99 Å². The number of hydrogen-bond acceptors (Lipinski definition) is 5. The molecule has 2 rings (SSSR count). The van der Waals surface area contributed by atoms with Gasteiger partial charge < -0.3 is 25.2 Å². The predicted octanol–water partition coefficient (Wildman–Crippen LogP) is 3.74. The molecule has 3 N–H and O–H groups in total. The zero-order valence-corrected chi connectivity index (χ0v) is 20.7. The van der Waals surface area contributed by atoms with E-state index >= 15 is 0 Å². The number of benzene rings is 1. The van der Waals surface area contributed by atoms with Crippen LogP contribution in [0.5, 0.6) is 11.5 Å². The van der Waals surface area contributed by atoms with E-state index in [1.165, 1.54) is 9.75 Å². The average Bonchev–Trinajstić information content (AvgIpc) is 3.09. The first-order chi connectivity index (χ1) is 13.5. The van der Waals surface area contributed by atoms with Gasteiger partial charge in [0.05, 0.1) is 20.3 Å². The zero-order chi connectivity index (χ0) is 20.4. The van der Waals surface area contributed by atoms with Gasteiger partial charge in [0.15, 0.2) is 17.5 Å². The second kappa shape index (κ2) is 13.7. The van der Waals surface area contributed by atoms with E-state index in [2.05, 4.69) is 43.5 Å². The van der Waals surface area contributed by atoms with Crippen molar-refractivity contribution in [3.8, 4) is 11.5 Å². The Morgan fingerprint density at radius 1 is 1.24 bits per heavy atom. The van der Waals surface area contributed by atoms with Crippen LogP contribution in [0.2, 0.25) is 0 Å². The molecule has 0 fully saturated rings. The van der Waals surface area contributed by atoms with Gasteiger partial charge >= 0.3 is 0 Å². The van der Waals surface area contributed by atoms with E-state index in [1.54, 1.807) is 7.11 Å². The Labute approximate surface area is 194 Å². The van der Waals surface area contributed by atoms with Gasteiger partial charge in [0.1, 0.15) is 6.61 Å². The summed E-state index contributed by atoms with van der Waals surface area (Å²) in [5.41, 5.74) is 1.02. The predicted molar refractivity (Wildman–Crippen MR) is 131 cm³/mol. The molecule has 162 valence electrons. The molecule has 29 heavy (non-hydrogen) atoms. The number of aliphatic hydroxyl groups is 1. The van der Waals surface area contributed by atoms with Gasteiger partial charge in [-0.05, 0) is 50.6 Å². The van der Waals surface area contributed by atoms with E-state index < -0.39 is 0 Å². The summed E-state index contributed by atoms with van der Waals surface area (Å²) < 4.78 is 10.9. The van der Waals surface area contributed by atoms with Crippen LogP contribution < -0.4 is 20.1 Å². The lowest BCUT2D eigenvalue weighted by molar-refractivity contribution is 0.196. The number of aliphatic hydroxyl groups excluding tert-OH is 1. The fourth-order valence-corrected chi connectivity index (χ4v) is 3.78. The Balaban J connectivity index is 0.00000420. The Morgan fingerprint density at radius 2 is 2.03 bits per heavy atom. The second-order valence-electron chi connectivity index (χ2n) is 6.51. The van der Waals surface area contributed by atoms with Crippen LogP contribution in [-0.2, 0) is 13.0 Å². The lowest BCUT2D eigenvalue weighted by Crippen LogP contribution is -2.43. The fraction of sp³-hybridized carbons (Fsp3) is 0.476. The molecular formula is C21H32IN3O3S. The maximum absolute atomic E-state index is 8.91. The number of halogens is 1. The number of hydrogen-bond donors (Lipinski definition) is 3. The number of nitrogens with one attached hydrogen (secondary N) is 2. The van der Waals surface area contributed by atoms with Crippen LogP contribution in [0.1, 0.15) is 29.2 Å². The SMILES string of the molecule is CCNC(=NCc1ccc(OCCO)c(OC)c1)NC(C)Cc1ccc(C)s1.I. The van der Waals surface area contributed by atoms with Gasteiger partial charge in [-0.3, -0.25) is 0 Å². The van der Waals surface area contributed by atoms with Gasteiger partial charge in [-0.15, -0.1) is 35.3 Å². The van der Waals surface area contributed by atoms with Crippen LogP contribution >= 0.6 is 35.3 Å². The highest BCUT2D eigenvalue weighted by Crippen LogP contribution is 2.28. The summed E-state index contributed by atoms with van der Waals surface area (Å²) in [6, 6.07) is 10.3. The summed E-state index contributed by atoms with van der Waals surface area (Å²) in [6.45, 7) is 7.89. The van der Waals surface area contributed by atoms with Crippen molar-refractivity contribution in [2.45, 2.75) is 39.8 Å². The summed E-state index contributed by atoms with van der Waals surface area (Å²) in [6.07, 6.45) is 0.966. The Kier molecular flexibility index (Phi) is 12.0. The minimum absolute atomic E-state index is 0. The molecule has 0 bridgehead atoms. The van der Waals surface area contributed by atoms with Crippen LogP contribution in [0.4, 0.5) is 0 Å². The van der Waals surface area contributed by atoms with E-state index in [4.69, 9.17) is 19.6 Å². The molecular weight excluding hydrogens is 501 g/mol. The first kappa shape index (κ1) is 25.5. The van der Waals surface area contributed by atoms with Crippen LogP contribution in [0.25, 0.3) is 0 Å². The average molecular weight is 533 g/mol. The van der Waals surface area contributed by atoms with Crippen LogP contribution in [0.15, 0.2) is 35.3 Å². The highest BCUT2D eigenvalue weighted by atomic mass is 127. The van der Waals surface area contributed by atoms with E-state index in [0.717, 1.165) is 24.5 Å². The standard InChI is InChI=1S/C21H31N3O3S.HI/c1-5-22-21(24-15(2)12-18-8-6-16(3)28-18)23-14-17-7-9-19(27-11-10-25)20(13-17)26-4;/h6-9,13,15,25H,5,10-12,14H2,1-4H3,(H2,22,23,24);1H. The highest BCUT2D eigenvalue weighted by molar-refractivity contribution is 14.0. The molecule has 0 aliphatic carbocycles. The van der Waals surface area contributed by atoms with E-state index in [9.17, 15) is 0 Å². The number of nitrogens with zero attached hydrogens (tertiary/aromatic N) is 1. The molecule has 0 amide bonds. The van der Waals surface area contributed by atoms with Crippen LogP contribution in [0, 0.1) is 6.92 Å². The number of aliphatic imine (C=N–C) groups is 1. The minimum atomic E-state index is -0.0316. The molecule has 0 aliphatic rings. The number of methoxy groups -OCH3 is 1. The smallest absolute Gasteiger partial charge is 0.191 e. The first-order valence-corrected chi connectivity index (χ1v) is 10.4. The minimum Gasteiger partial charge on any atom is -0.493 e. The molecule has 0 spiro atoms. The van der Waals surface area contributed by atoms with Crippen molar-refractivity contribution in [2.75, 3.05) is 26.9 Å². The molecule has 1 heterocycles. The zero-order valence-electron chi connectivity index (χ0n) is 17.5. The highest BCUT2D eigenvalue weighted by Gasteiger charge is 2.09. The summed E-state index contributed by atoms with van der Waals surface area (Å²) in [4.78, 5) is 7.41. The third kappa shape index (κ3) is 8.79. The van der Waals surface area contributed by atoms with E-state index in [1.807, 2.05) is 29.5 Å². The Bertz CT molecular complexity index is 767. The quantitative estimate of drug-likeness (QED) is 0.247. The topological polar surface area (TPSA) is 75.1 Å². The molecule has 0 saturated carbocycles. The maximum Gasteiger partial charge on any atom is 0.191 e. The Morgan fingerprint density at radius 3 is 2.66 bits per heavy atom. The number of rotatable bonds is 10. The van der Waals surface area contributed by atoms with Gasteiger partial charge in [-0.2, -0.15) is 0 Å². The van der Waals surface area contributed by atoms with Crippen molar-refractivity contribution in [1.29, 1.82) is 0 Å². The van der Waals surface area contributed by atoms with Crippen molar-refractivity contribution >= 4 is 41.3 Å². The summed E-state index contributed by atoms with van der Waals surface area (Å²) in [5.74, 6) is 2.05. The van der Waals surface area contributed by atoms with Crippen LogP contribution in [-0.4, -0.2) is 44.0 Å². The molecule has 0 saturated heterocycles. The van der Waals surface area contributed by atoms with E-state index in [-0.39, 0.29) is 43.2 Å². The number of guanidine groups is 1. The lowest BCUT2D eigenvalue weighted by Gasteiger charge is -2.17. The molecule has 0 aliphatic heterocycles. The first-order valence-electron chi connectivity index (χ1n) is 9.56. The summed E-state index contributed by atoms with van der Waals surface area (Å²) >= 11 is 1.84. The number of thiophene rings is 1. The van der Waals surface area contributed by atoms with Crippen molar-refractivity contribution in [2.24, 2.45) is 4.99 Å². The van der Waals surface area contributed by atoms with Gasteiger partial charge in [0, 0.05) is 28.8 Å². The third-order valence-electron chi connectivity index (χ3n) is 4.03. The Hall–Kier alpha value is -1.52. The summed E-state index contributed by atoms with van der Waals surface area (Å²) in [7, 11) is 1.60. The fourth-order valence-electron chi connectivity index (χ4n) is 2.76. The molecule has 1 unspecified atom stereocenters. The molecule has 1 atom stereocenters. The lowest BCUT2D eigenvalue weighted by atomic mass is 10.2. The number of ether oxygens (including phenoxy) is 2. The van der Waals surface area contributed by atoms with Crippen molar-refractivity contribution in [3.05, 3.63) is 45.6 Å². The molecule has 6 nitrogen and oxygen atoms in total. The van der Waals surface area contributed by atoms with Crippen molar-refractivity contribution in [3.63, 3.8) is 0 Å². The molecule has 1 aromatic carbocycles. The third-order valence-corrected chi connectivity index (χ3v) is 5.05. The van der Waals surface area contributed by atoms with Crippen molar-refractivity contribution in [1.82, 2.24) is 10.6 Å². The van der Waals surface area contributed by atoms with Crippen molar-refractivity contribution < 1.29 is 14.6 Å². The maximum atomic E-state index is 8.91. The monoisotopic (exact) mass is 533 g/mol. The van der Waals surface area contributed by atoms with Gasteiger partial charge in [0.25, 0.3) is 0 Å². The van der Waals surface area contributed by atoms with Gasteiger partial charge in [0.2, 0.25) is 0 Å². The molecule has 1 aromatic heterocycles. The van der Waals surface area contributed by atoms with E-state index in [0.29, 0.717) is 18.0 Å². The normalized spacial score (nSPS) is 12.1. The van der Waals surface area contributed by atoms with Gasteiger partial charge in [-0.1, -0.05) is 6.07 Å².